The highest BCUT2D eigenvalue weighted by atomic mass is 127. The van der Waals surface area contributed by atoms with Gasteiger partial charge in [-0.15, -0.1) is 0 Å². The van der Waals surface area contributed by atoms with E-state index >= 15 is 0 Å². The summed E-state index contributed by atoms with van der Waals surface area (Å²) in [6, 6.07) is 6.22. The zero-order valence-electron chi connectivity index (χ0n) is 9.01. The number of rotatable bonds is 1. The molecule has 0 atom stereocenters. The van der Waals surface area contributed by atoms with Gasteiger partial charge in [-0.2, -0.15) is 5.10 Å². The molecule has 0 aliphatic rings. The second-order valence-corrected chi connectivity index (χ2v) is 5.43. The van der Waals surface area contributed by atoms with E-state index in [4.69, 9.17) is 12.2 Å². The van der Waals surface area contributed by atoms with Crippen molar-refractivity contribution < 1.29 is 0 Å². The Hall–Kier alpha value is -1.15. The third-order valence-electron chi connectivity index (χ3n) is 2.59. The number of hydrogen-bond acceptors (Lipinski definition) is 2. The molecule has 0 spiro atoms. The van der Waals surface area contributed by atoms with Crippen LogP contribution in [-0.4, -0.2) is 19.3 Å². The van der Waals surface area contributed by atoms with Crippen molar-refractivity contribution in [3.8, 4) is 5.69 Å². The summed E-state index contributed by atoms with van der Waals surface area (Å²) in [5.74, 6) is 0. The summed E-state index contributed by atoms with van der Waals surface area (Å²) in [7, 11) is 1.89. The lowest BCUT2D eigenvalue weighted by atomic mass is 10.3. The Kier molecular flexibility index (Phi) is 2.55. The molecule has 4 nitrogen and oxygen atoms in total. The first-order chi connectivity index (χ1) is 8.15. The van der Waals surface area contributed by atoms with Crippen LogP contribution in [0.5, 0.6) is 0 Å². The molecule has 3 aromatic rings. The van der Waals surface area contributed by atoms with Gasteiger partial charge in [-0.3, -0.25) is 9.25 Å². The maximum atomic E-state index is 5.36. The van der Waals surface area contributed by atoms with E-state index in [9.17, 15) is 0 Å². The maximum absolute atomic E-state index is 5.36. The van der Waals surface area contributed by atoms with Crippen molar-refractivity contribution in [2.75, 3.05) is 0 Å². The molecule has 1 aromatic carbocycles. The van der Waals surface area contributed by atoms with Gasteiger partial charge in [0, 0.05) is 16.8 Å². The maximum Gasteiger partial charge on any atom is 0.182 e. The van der Waals surface area contributed by atoms with Crippen LogP contribution in [0.2, 0.25) is 0 Å². The SMILES string of the molecule is Cn1cc(-n2c(=S)[nH]c3cc(I)ccc32)cn1. The smallest absolute Gasteiger partial charge is 0.182 e. The molecular weight excluding hydrogens is 347 g/mol. The standard InChI is InChI=1S/C11H9IN4S/c1-15-6-8(5-13-15)16-10-3-2-7(12)4-9(10)14-11(16)17/h2-6H,1H3,(H,14,17). The highest BCUT2D eigenvalue weighted by Gasteiger charge is 2.07. The molecule has 6 heteroatoms. The van der Waals surface area contributed by atoms with Crippen LogP contribution in [-0.2, 0) is 7.05 Å². The fraction of sp³-hybridized carbons (Fsp3) is 0.0909. The van der Waals surface area contributed by atoms with Gasteiger partial charge in [0.25, 0.3) is 0 Å². The van der Waals surface area contributed by atoms with Crippen LogP contribution in [0.1, 0.15) is 0 Å². The second kappa shape index (κ2) is 3.95. The molecule has 0 saturated heterocycles. The van der Waals surface area contributed by atoms with Crippen LogP contribution >= 0.6 is 34.8 Å². The van der Waals surface area contributed by atoms with E-state index in [1.54, 1.807) is 10.9 Å². The zero-order chi connectivity index (χ0) is 12.0. The third kappa shape index (κ3) is 1.81. The van der Waals surface area contributed by atoms with E-state index < -0.39 is 0 Å². The van der Waals surface area contributed by atoms with Crippen molar-refractivity contribution in [3.05, 3.63) is 38.9 Å². The molecule has 0 unspecified atom stereocenters. The zero-order valence-corrected chi connectivity index (χ0v) is 12.0. The summed E-state index contributed by atoms with van der Waals surface area (Å²) in [5.41, 5.74) is 3.10. The molecule has 0 amide bonds. The number of H-pyrrole nitrogens is 1. The summed E-state index contributed by atoms with van der Waals surface area (Å²) in [6.45, 7) is 0. The highest BCUT2D eigenvalue weighted by Crippen LogP contribution is 2.20. The van der Waals surface area contributed by atoms with E-state index in [-0.39, 0.29) is 0 Å². The molecule has 1 N–H and O–H groups in total. The van der Waals surface area contributed by atoms with Crippen LogP contribution in [0.15, 0.2) is 30.6 Å². The number of hydrogen-bond donors (Lipinski definition) is 1. The molecule has 0 bridgehead atoms. The average molecular weight is 356 g/mol. The molecule has 0 saturated carbocycles. The first kappa shape index (κ1) is 11.0. The number of halogens is 1. The van der Waals surface area contributed by atoms with E-state index in [0.29, 0.717) is 4.77 Å². The lowest BCUT2D eigenvalue weighted by Crippen LogP contribution is -1.92. The Bertz CT molecular complexity index is 752. The Labute approximate surface area is 116 Å². The molecule has 86 valence electrons. The summed E-state index contributed by atoms with van der Waals surface area (Å²) in [4.78, 5) is 3.21. The Balaban J connectivity index is 2.36. The van der Waals surface area contributed by atoms with E-state index in [0.717, 1.165) is 16.7 Å². The fourth-order valence-corrected chi connectivity index (χ4v) is 2.67. The highest BCUT2D eigenvalue weighted by molar-refractivity contribution is 14.1. The van der Waals surface area contributed by atoms with Gasteiger partial charge in [0.15, 0.2) is 4.77 Å². The van der Waals surface area contributed by atoms with E-state index in [1.807, 2.05) is 17.8 Å². The predicted octanol–water partition coefficient (Wildman–Crippen LogP) is 3.03. The molecule has 0 fully saturated rings. The van der Waals surface area contributed by atoms with Crippen LogP contribution in [0.3, 0.4) is 0 Å². The van der Waals surface area contributed by atoms with Crippen molar-refractivity contribution in [2.45, 2.75) is 0 Å². The third-order valence-corrected chi connectivity index (χ3v) is 3.55. The van der Waals surface area contributed by atoms with Crippen LogP contribution < -0.4 is 0 Å². The first-order valence-electron chi connectivity index (χ1n) is 5.04. The molecular formula is C11H9IN4S. The van der Waals surface area contributed by atoms with Crippen LogP contribution in [0.4, 0.5) is 0 Å². The van der Waals surface area contributed by atoms with E-state index in [2.05, 4.69) is 50.9 Å². The number of fused-ring (bicyclic) bond motifs is 1. The Morgan fingerprint density at radius 3 is 2.94 bits per heavy atom. The van der Waals surface area contributed by atoms with Gasteiger partial charge in [-0.05, 0) is 53.0 Å². The second-order valence-electron chi connectivity index (χ2n) is 3.80. The normalized spacial score (nSPS) is 11.2. The number of aryl methyl sites for hydroxylation is 1. The molecule has 3 rings (SSSR count). The Morgan fingerprint density at radius 1 is 1.41 bits per heavy atom. The minimum Gasteiger partial charge on any atom is -0.330 e. The number of imidazole rings is 1. The Morgan fingerprint density at radius 2 is 2.24 bits per heavy atom. The fourth-order valence-electron chi connectivity index (χ4n) is 1.86. The lowest BCUT2D eigenvalue weighted by molar-refractivity contribution is 0.767. The van der Waals surface area contributed by atoms with Crippen molar-refractivity contribution in [3.63, 3.8) is 0 Å². The van der Waals surface area contributed by atoms with Crippen molar-refractivity contribution in [1.82, 2.24) is 19.3 Å². The molecule has 2 heterocycles. The van der Waals surface area contributed by atoms with Crippen LogP contribution in [0.25, 0.3) is 16.7 Å². The molecule has 0 radical (unpaired) electrons. The van der Waals surface area contributed by atoms with Gasteiger partial charge in [0.05, 0.1) is 22.9 Å². The average Bonchev–Trinajstić information content (AvgIpc) is 2.80. The number of benzene rings is 1. The summed E-state index contributed by atoms with van der Waals surface area (Å²) < 4.78 is 5.64. The van der Waals surface area contributed by atoms with Crippen molar-refractivity contribution >= 4 is 45.8 Å². The van der Waals surface area contributed by atoms with Gasteiger partial charge >= 0.3 is 0 Å². The van der Waals surface area contributed by atoms with Gasteiger partial charge < -0.3 is 4.98 Å². The summed E-state index contributed by atoms with van der Waals surface area (Å²) >= 11 is 7.64. The minimum absolute atomic E-state index is 0.690. The lowest BCUT2D eigenvalue weighted by Gasteiger charge is -1.99. The predicted molar refractivity (Wildman–Crippen MR) is 77.9 cm³/mol. The molecule has 0 aliphatic carbocycles. The topological polar surface area (TPSA) is 38.5 Å². The van der Waals surface area contributed by atoms with Gasteiger partial charge in [-0.25, -0.2) is 0 Å². The van der Waals surface area contributed by atoms with Gasteiger partial charge in [-0.1, -0.05) is 0 Å². The quantitative estimate of drug-likeness (QED) is 0.538. The van der Waals surface area contributed by atoms with Gasteiger partial charge in [0.2, 0.25) is 0 Å². The van der Waals surface area contributed by atoms with Crippen molar-refractivity contribution in [1.29, 1.82) is 0 Å². The molecule has 17 heavy (non-hydrogen) atoms. The number of aromatic amines is 1. The number of aromatic nitrogens is 4. The largest absolute Gasteiger partial charge is 0.330 e. The molecule has 2 aromatic heterocycles. The van der Waals surface area contributed by atoms with Crippen molar-refractivity contribution in [2.24, 2.45) is 7.05 Å². The number of nitrogens with one attached hydrogen (secondary N) is 1. The van der Waals surface area contributed by atoms with Gasteiger partial charge in [0.1, 0.15) is 0 Å². The van der Waals surface area contributed by atoms with Crippen LogP contribution in [0, 0.1) is 8.34 Å². The minimum atomic E-state index is 0.690. The number of nitrogens with zero attached hydrogens (tertiary/aromatic N) is 3. The van der Waals surface area contributed by atoms with E-state index in [1.165, 1.54) is 3.57 Å². The monoisotopic (exact) mass is 356 g/mol. The molecule has 0 aliphatic heterocycles. The summed E-state index contributed by atoms with van der Waals surface area (Å²) in [5, 5.41) is 4.17. The first-order valence-corrected chi connectivity index (χ1v) is 6.53. The summed E-state index contributed by atoms with van der Waals surface area (Å²) in [6.07, 6.45) is 3.75.